The van der Waals surface area contributed by atoms with Crippen molar-refractivity contribution < 1.29 is 10.2 Å². The molecule has 156 valence electrons. The topological polar surface area (TPSA) is 108 Å². The molecule has 2 aromatic heterocycles. The zero-order valence-electron chi connectivity index (χ0n) is 17.3. The van der Waals surface area contributed by atoms with Crippen LogP contribution in [0, 0.1) is 0 Å². The molecule has 29 heavy (non-hydrogen) atoms. The number of phenolic OH excluding ortho intramolecular Hbond substituents is 1. The van der Waals surface area contributed by atoms with Gasteiger partial charge in [0.1, 0.15) is 5.75 Å². The van der Waals surface area contributed by atoms with Gasteiger partial charge in [0.25, 0.3) is 0 Å². The van der Waals surface area contributed by atoms with Gasteiger partial charge in [0, 0.05) is 12.6 Å². The van der Waals surface area contributed by atoms with Crippen molar-refractivity contribution in [1.82, 2.24) is 19.5 Å². The molecule has 0 unspecified atom stereocenters. The second kappa shape index (κ2) is 9.56. The zero-order chi connectivity index (χ0) is 20.8. The van der Waals surface area contributed by atoms with E-state index in [0.29, 0.717) is 18.3 Å². The minimum absolute atomic E-state index is 0.0218. The lowest BCUT2D eigenvalue weighted by atomic mass is 10.1. The number of phenols is 1. The summed E-state index contributed by atoms with van der Waals surface area (Å²) in [4.78, 5) is 13.8. The third-order valence-corrected chi connectivity index (χ3v) is 4.87. The Morgan fingerprint density at radius 2 is 2.03 bits per heavy atom. The van der Waals surface area contributed by atoms with Crippen molar-refractivity contribution in [2.24, 2.45) is 0 Å². The van der Waals surface area contributed by atoms with Crippen LogP contribution in [0.15, 0.2) is 30.6 Å². The van der Waals surface area contributed by atoms with Gasteiger partial charge in [-0.2, -0.15) is 9.97 Å². The molecule has 0 aliphatic carbocycles. The van der Waals surface area contributed by atoms with Gasteiger partial charge in [-0.25, -0.2) is 4.98 Å². The molecule has 2 heterocycles. The molecule has 0 aliphatic rings. The van der Waals surface area contributed by atoms with Gasteiger partial charge in [-0.05, 0) is 50.8 Å². The van der Waals surface area contributed by atoms with Crippen molar-refractivity contribution in [2.75, 3.05) is 23.8 Å². The van der Waals surface area contributed by atoms with Crippen LogP contribution in [0.5, 0.6) is 5.75 Å². The number of nitrogens with one attached hydrogen (secondary N) is 2. The van der Waals surface area contributed by atoms with E-state index in [1.165, 1.54) is 0 Å². The molecular weight excluding hydrogens is 368 g/mol. The summed E-state index contributed by atoms with van der Waals surface area (Å²) in [6.07, 6.45) is 4.30. The van der Waals surface area contributed by atoms with Gasteiger partial charge in [0.2, 0.25) is 5.95 Å². The van der Waals surface area contributed by atoms with Gasteiger partial charge in [0.05, 0.1) is 19.0 Å². The Morgan fingerprint density at radius 1 is 1.21 bits per heavy atom. The molecule has 3 rings (SSSR count). The summed E-state index contributed by atoms with van der Waals surface area (Å²) >= 11 is 0. The van der Waals surface area contributed by atoms with E-state index >= 15 is 0 Å². The van der Waals surface area contributed by atoms with Gasteiger partial charge < -0.3 is 25.4 Å². The van der Waals surface area contributed by atoms with E-state index in [2.05, 4.69) is 39.4 Å². The third-order valence-electron chi connectivity index (χ3n) is 4.87. The summed E-state index contributed by atoms with van der Waals surface area (Å²) in [5, 5.41) is 25.7. The van der Waals surface area contributed by atoms with Crippen LogP contribution in [0.25, 0.3) is 11.2 Å². The summed E-state index contributed by atoms with van der Waals surface area (Å²) in [6.45, 7) is 6.91. The second-order valence-corrected chi connectivity index (χ2v) is 7.45. The van der Waals surface area contributed by atoms with E-state index in [1.54, 1.807) is 18.5 Å². The molecular formula is C21H30N6O2. The lowest BCUT2D eigenvalue weighted by Crippen LogP contribution is -2.24. The van der Waals surface area contributed by atoms with Crippen LogP contribution in [0.3, 0.4) is 0 Å². The summed E-state index contributed by atoms with van der Waals surface area (Å²) in [5.74, 6) is 1.45. The van der Waals surface area contributed by atoms with Crippen molar-refractivity contribution in [3.63, 3.8) is 0 Å². The fourth-order valence-electron chi connectivity index (χ4n) is 3.15. The summed E-state index contributed by atoms with van der Waals surface area (Å²) in [5.41, 5.74) is 2.60. The van der Waals surface area contributed by atoms with Crippen molar-refractivity contribution in [3.05, 3.63) is 36.2 Å². The molecule has 8 nitrogen and oxygen atoms in total. The number of anilines is 2. The Kier molecular flexibility index (Phi) is 6.87. The van der Waals surface area contributed by atoms with E-state index in [0.717, 1.165) is 36.0 Å². The predicted octanol–water partition coefficient (Wildman–Crippen LogP) is 3.34. The number of nitrogens with zero attached hydrogens (tertiary/aromatic N) is 4. The van der Waals surface area contributed by atoms with E-state index in [1.807, 2.05) is 23.6 Å². The quantitative estimate of drug-likeness (QED) is 0.388. The Balaban J connectivity index is 1.77. The molecule has 1 atom stereocenters. The van der Waals surface area contributed by atoms with Gasteiger partial charge in [-0.15, -0.1) is 0 Å². The molecule has 0 aliphatic heterocycles. The largest absolute Gasteiger partial charge is 0.508 e. The van der Waals surface area contributed by atoms with E-state index in [9.17, 15) is 10.2 Å². The number of rotatable bonds is 10. The highest BCUT2D eigenvalue weighted by Gasteiger charge is 2.16. The smallest absolute Gasteiger partial charge is 0.227 e. The molecule has 4 N–H and O–H groups in total. The maximum atomic E-state index is 9.59. The first-order chi connectivity index (χ1) is 14.0. The van der Waals surface area contributed by atoms with Crippen LogP contribution in [-0.2, 0) is 6.42 Å². The highest BCUT2D eigenvalue weighted by molar-refractivity contribution is 5.84. The number of benzene rings is 1. The Labute approximate surface area is 171 Å². The molecule has 0 saturated carbocycles. The van der Waals surface area contributed by atoms with E-state index in [4.69, 9.17) is 0 Å². The minimum Gasteiger partial charge on any atom is -0.508 e. The van der Waals surface area contributed by atoms with Crippen LogP contribution in [0.1, 0.15) is 45.2 Å². The van der Waals surface area contributed by atoms with Gasteiger partial charge in [-0.1, -0.05) is 19.1 Å². The number of aryl methyl sites for hydroxylation is 1. The number of hydrogen-bond donors (Lipinski definition) is 4. The van der Waals surface area contributed by atoms with Crippen LogP contribution < -0.4 is 10.6 Å². The average molecular weight is 399 g/mol. The lowest BCUT2D eigenvalue weighted by molar-refractivity contribution is 0.271. The third kappa shape index (κ3) is 5.14. The standard InChI is InChI=1S/C21H30N6O2/c1-4-16(12-28)24-21-25-19(18-20(26-21)27(13-23-18)14(2)3)22-10-6-8-15-7-5-9-17(29)11-15/h5,7,9,11,13-14,16,28-29H,4,6,8,10,12H2,1-3H3,(H2,22,24,25,26)/t16-/m1/s1. The first-order valence-corrected chi connectivity index (χ1v) is 10.2. The van der Waals surface area contributed by atoms with Crippen LogP contribution >= 0.6 is 0 Å². The van der Waals surface area contributed by atoms with E-state index in [-0.39, 0.29) is 24.4 Å². The summed E-state index contributed by atoms with van der Waals surface area (Å²) in [7, 11) is 0. The van der Waals surface area contributed by atoms with E-state index < -0.39 is 0 Å². The average Bonchev–Trinajstić information content (AvgIpc) is 3.13. The molecule has 3 aromatic rings. The fraction of sp³-hybridized carbons (Fsp3) is 0.476. The fourth-order valence-corrected chi connectivity index (χ4v) is 3.15. The Bertz CT molecular complexity index is 936. The summed E-state index contributed by atoms with van der Waals surface area (Å²) in [6, 6.07) is 7.45. The molecule has 0 amide bonds. The number of aliphatic hydroxyl groups excluding tert-OH is 1. The van der Waals surface area contributed by atoms with Crippen LogP contribution in [0.4, 0.5) is 11.8 Å². The highest BCUT2D eigenvalue weighted by Crippen LogP contribution is 2.24. The number of fused-ring (bicyclic) bond motifs is 1. The Morgan fingerprint density at radius 3 is 2.72 bits per heavy atom. The number of aliphatic hydroxyl groups is 1. The maximum absolute atomic E-state index is 9.59. The normalized spacial score (nSPS) is 12.4. The summed E-state index contributed by atoms with van der Waals surface area (Å²) < 4.78 is 2.01. The van der Waals surface area contributed by atoms with Crippen molar-refractivity contribution in [2.45, 2.75) is 52.1 Å². The van der Waals surface area contributed by atoms with Gasteiger partial charge in [-0.3, -0.25) is 0 Å². The first kappa shape index (κ1) is 20.9. The molecule has 1 aromatic carbocycles. The lowest BCUT2D eigenvalue weighted by Gasteiger charge is -2.16. The Hall–Kier alpha value is -2.87. The number of aromatic hydroxyl groups is 1. The maximum Gasteiger partial charge on any atom is 0.227 e. The van der Waals surface area contributed by atoms with Gasteiger partial charge >= 0.3 is 0 Å². The molecule has 0 spiro atoms. The van der Waals surface area contributed by atoms with Crippen LogP contribution in [-0.4, -0.2) is 48.9 Å². The predicted molar refractivity (Wildman–Crippen MR) is 115 cm³/mol. The number of hydrogen-bond acceptors (Lipinski definition) is 7. The van der Waals surface area contributed by atoms with Crippen LogP contribution in [0.2, 0.25) is 0 Å². The molecule has 0 bridgehead atoms. The van der Waals surface area contributed by atoms with Crippen molar-refractivity contribution in [3.8, 4) is 5.75 Å². The second-order valence-electron chi connectivity index (χ2n) is 7.45. The molecule has 0 saturated heterocycles. The monoisotopic (exact) mass is 398 g/mol. The van der Waals surface area contributed by atoms with Gasteiger partial charge in [0.15, 0.2) is 17.0 Å². The molecule has 0 fully saturated rings. The minimum atomic E-state index is -0.0959. The molecule has 8 heteroatoms. The zero-order valence-corrected chi connectivity index (χ0v) is 17.3. The van der Waals surface area contributed by atoms with Crippen molar-refractivity contribution in [1.29, 1.82) is 0 Å². The number of aromatic nitrogens is 4. The van der Waals surface area contributed by atoms with Crippen molar-refractivity contribution >= 4 is 22.9 Å². The molecule has 0 radical (unpaired) electrons. The SMILES string of the molecule is CC[C@H](CO)Nc1nc(NCCCc2cccc(O)c2)c2ncn(C(C)C)c2n1. The highest BCUT2D eigenvalue weighted by atomic mass is 16.3. The number of imidazole rings is 1. The first-order valence-electron chi connectivity index (χ1n) is 10.2.